The molecule has 0 amide bonds. The van der Waals surface area contributed by atoms with Crippen LogP contribution in [-0.2, 0) is 19.1 Å². The van der Waals surface area contributed by atoms with Crippen LogP contribution in [0.3, 0.4) is 0 Å². The van der Waals surface area contributed by atoms with E-state index in [1.165, 1.54) is 37.5 Å². The van der Waals surface area contributed by atoms with E-state index < -0.39 is 17.9 Å². The lowest BCUT2D eigenvalue weighted by Gasteiger charge is -2.26. The average molecular weight is 343 g/mol. The van der Waals surface area contributed by atoms with Crippen LogP contribution in [0, 0.1) is 6.92 Å². The summed E-state index contributed by atoms with van der Waals surface area (Å²) < 4.78 is 9.54. The van der Waals surface area contributed by atoms with E-state index in [9.17, 15) is 19.5 Å². The van der Waals surface area contributed by atoms with Crippen molar-refractivity contribution in [1.82, 2.24) is 0 Å². The number of allylic oxidation sites excluding steroid dienone is 2. The van der Waals surface area contributed by atoms with Crippen molar-refractivity contribution in [2.45, 2.75) is 6.92 Å². The second kappa shape index (κ2) is 7.48. The zero-order valence-corrected chi connectivity index (χ0v) is 14.0. The highest BCUT2D eigenvalue weighted by atomic mass is 16.5. The SMILES string of the molecule is COC(=O)C1=C(C(=O)OC)N(c2c(C)cccc2C(=O)O)C=CC=C1. The van der Waals surface area contributed by atoms with E-state index in [-0.39, 0.29) is 22.5 Å². The number of aromatic carboxylic acids is 1. The minimum Gasteiger partial charge on any atom is -0.478 e. The van der Waals surface area contributed by atoms with Gasteiger partial charge in [0.1, 0.15) is 5.70 Å². The molecule has 7 nitrogen and oxygen atoms in total. The number of aryl methyl sites for hydroxylation is 1. The van der Waals surface area contributed by atoms with Crippen LogP contribution in [0.4, 0.5) is 5.69 Å². The molecule has 0 aromatic heterocycles. The number of rotatable bonds is 4. The molecule has 130 valence electrons. The number of carbonyl (C=O) groups is 3. The van der Waals surface area contributed by atoms with Gasteiger partial charge in [-0.25, -0.2) is 14.4 Å². The van der Waals surface area contributed by atoms with Crippen LogP contribution >= 0.6 is 0 Å². The minimum absolute atomic E-state index is 0.0165. The van der Waals surface area contributed by atoms with E-state index in [0.29, 0.717) is 5.56 Å². The van der Waals surface area contributed by atoms with Crippen molar-refractivity contribution >= 4 is 23.6 Å². The van der Waals surface area contributed by atoms with Gasteiger partial charge in [-0.05, 0) is 30.7 Å². The number of carboxylic acids is 1. The number of esters is 2. The van der Waals surface area contributed by atoms with E-state index >= 15 is 0 Å². The highest BCUT2D eigenvalue weighted by molar-refractivity contribution is 6.07. The summed E-state index contributed by atoms with van der Waals surface area (Å²) in [6.45, 7) is 1.71. The molecule has 0 spiro atoms. The van der Waals surface area contributed by atoms with Gasteiger partial charge in [-0.15, -0.1) is 0 Å². The number of methoxy groups -OCH3 is 2. The highest BCUT2D eigenvalue weighted by Crippen LogP contribution is 2.32. The fourth-order valence-electron chi connectivity index (χ4n) is 2.49. The molecule has 1 aromatic carbocycles. The predicted molar refractivity (Wildman–Crippen MR) is 90.0 cm³/mol. The number of para-hydroxylation sites is 1. The summed E-state index contributed by atoms with van der Waals surface area (Å²) in [6.07, 6.45) is 6.03. The first-order chi connectivity index (χ1) is 11.9. The zero-order chi connectivity index (χ0) is 18.6. The Morgan fingerprint density at radius 2 is 1.72 bits per heavy atom. The molecule has 0 radical (unpaired) electrons. The van der Waals surface area contributed by atoms with Crippen molar-refractivity contribution in [3.8, 4) is 0 Å². The number of carboxylic acid groups (broad SMARTS) is 1. The van der Waals surface area contributed by atoms with Gasteiger partial charge in [0, 0.05) is 6.20 Å². The molecule has 0 atom stereocenters. The lowest BCUT2D eigenvalue weighted by atomic mass is 10.0. The van der Waals surface area contributed by atoms with Crippen molar-refractivity contribution in [3.63, 3.8) is 0 Å². The Hall–Kier alpha value is -3.35. The molecule has 0 saturated carbocycles. The summed E-state index contributed by atoms with van der Waals surface area (Å²) in [4.78, 5) is 37.5. The fraction of sp³-hybridized carbons (Fsp3) is 0.167. The smallest absolute Gasteiger partial charge is 0.355 e. The molecule has 1 N–H and O–H groups in total. The molecule has 0 bridgehead atoms. The lowest BCUT2D eigenvalue weighted by molar-refractivity contribution is -0.139. The number of anilines is 1. The summed E-state index contributed by atoms with van der Waals surface area (Å²) in [5, 5.41) is 9.50. The molecule has 0 fully saturated rings. The topological polar surface area (TPSA) is 93.1 Å². The highest BCUT2D eigenvalue weighted by Gasteiger charge is 2.30. The zero-order valence-electron chi connectivity index (χ0n) is 14.0. The molecule has 1 aliphatic rings. The Morgan fingerprint density at radius 3 is 2.32 bits per heavy atom. The van der Waals surface area contributed by atoms with Gasteiger partial charge in [-0.3, -0.25) is 0 Å². The molecule has 0 saturated heterocycles. The molecule has 0 unspecified atom stereocenters. The van der Waals surface area contributed by atoms with E-state index in [0.717, 1.165) is 0 Å². The normalized spacial score (nSPS) is 13.5. The van der Waals surface area contributed by atoms with E-state index in [2.05, 4.69) is 0 Å². The van der Waals surface area contributed by atoms with Gasteiger partial charge in [-0.1, -0.05) is 18.2 Å². The quantitative estimate of drug-likeness (QED) is 0.838. The van der Waals surface area contributed by atoms with Crippen LogP contribution in [0.1, 0.15) is 15.9 Å². The predicted octanol–water partition coefficient (Wildman–Crippen LogP) is 2.18. The maximum atomic E-state index is 12.4. The third kappa shape index (κ3) is 3.45. The van der Waals surface area contributed by atoms with E-state index in [4.69, 9.17) is 9.47 Å². The Bertz CT molecular complexity index is 819. The number of carbonyl (C=O) groups excluding carboxylic acids is 2. The van der Waals surface area contributed by atoms with Crippen molar-refractivity contribution in [3.05, 3.63) is 65.0 Å². The Balaban J connectivity index is 2.81. The molecular formula is C18H17NO6. The van der Waals surface area contributed by atoms with Crippen molar-refractivity contribution in [2.24, 2.45) is 0 Å². The maximum Gasteiger partial charge on any atom is 0.355 e. The standard InChI is InChI=1S/C18H17NO6/c1-11-7-6-9-12(16(20)21)14(11)19-10-5-4-8-13(17(22)24-2)15(19)18(23)25-3/h4-10H,1-3H3,(H,20,21). The Kier molecular flexibility index (Phi) is 5.38. The molecular weight excluding hydrogens is 326 g/mol. The molecule has 2 rings (SSSR count). The van der Waals surface area contributed by atoms with Crippen molar-refractivity contribution < 1.29 is 29.0 Å². The number of nitrogens with zero attached hydrogens (tertiary/aromatic N) is 1. The maximum absolute atomic E-state index is 12.4. The van der Waals surface area contributed by atoms with Gasteiger partial charge in [0.2, 0.25) is 0 Å². The number of benzene rings is 1. The molecule has 1 heterocycles. The second-order valence-corrected chi connectivity index (χ2v) is 5.09. The lowest BCUT2D eigenvalue weighted by Crippen LogP contribution is -2.28. The molecule has 25 heavy (non-hydrogen) atoms. The first-order valence-electron chi connectivity index (χ1n) is 7.30. The van der Waals surface area contributed by atoms with Crippen LogP contribution in [0.2, 0.25) is 0 Å². The van der Waals surface area contributed by atoms with Gasteiger partial charge < -0.3 is 19.5 Å². The fourth-order valence-corrected chi connectivity index (χ4v) is 2.49. The van der Waals surface area contributed by atoms with Gasteiger partial charge in [0.25, 0.3) is 0 Å². The largest absolute Gasteiger partial charge is 0.478 e. The molecule has 0 aliphatic carbocycles. The van der Waals surface area contributed by atoms with Gasteiger partial charge in [-0.2, -0.15) is 0 Å². The van der Waals surface area contributed by atoms with Crippen LogP contribution < -0.4 is 4.90 Å². The van der Waals surface area contributed by atoms with Crippen molar-refractivity contribution in [1.29, 1.82) is 0 Å². The number of ether oxygens (including phenoxy) is 2. The number of hydrogen-bond acceptors (Lipinski definition) is 6. The third-order valence-corrected chi connectivity index (χ3v) is 3.60. The summed E-state index contributed by atoms with van der Waals surface area (Å²) in [7, 11) is 2.37. The number of hydrogen-bond donors (Lipinski definition) is 1. The third-order valence-electron chi connectivity index (χ3n) is 3.60. The first kappa shape index (κ1) is 18.0. The summed E-state index contributed by atoms with van der Waals surface area (Å²) in [5.41, 5.74) is 0.682. The van der Waals surface area contributed by atoms with Gasteiger partial charge in [0.15, 0.2) is 0 Å². The Morgan fingerprint density at radius 1 is 1.04 bits per heavy atom. The van der Waals surface area contributed by atoms with E-state index in [1.54, 1.807) is 31.2 Å². The average Bonchev–Trinajstić information content (AvgIpc) is 2.82. The Labute approximate surface area is 144 Å². The molecule has 1 aliphatic heterocycles. The summed E-state index contributed by atoms with van der Waals surface area (Å²) >= 11 is 0. The van der Waals surface area contributed by atoms with Crippen LogP contribution in [0.25, 0.3) is 0 Å². The second-order valence-electron chi connectivity index (χ2n) is 5.09. The summed E-state index contributed by atoms with van der Waals surface area (Å²) in [5.74, 6) is -2.69. The molecule has 7 heteroatoms. The van der Waals surface area contributed by atoms with Crippen molar-refractivity contribution in [2.75, 3.05) is 19.1 Å². The monoisotopic (exact) mass is 343 g/mol. The van der Waals surface area contributed by atoms with Crippen LogP contribution in [0.5, 0.6) is 0 Å². The van der Waals surface area contributed by atoms with E-state index in [1.807, 2.05) is 0 Å². The van der Waals surface area contributed by atoms with Crippen LogP contribution in [-0.4, -0.2) is 37.2 Å². The summed E-state index contributed by atoms with van der Waals surface area (Å²) in [6, 6.07) is 4.73. The van der Waals surface area contributed by atoms with Gasteiger partial charge in [0.05, 0.1) is 31.0 Å². The molecule has 1 aromatic rings. The van der Waals surface area contributed by atoms with Gasteiger partial charge >= 0.3 is 17.9 Å². The minimum atomic E-state index is -1.16. The first-order valence-corrected chi connectivity index (χ1v) is 7.30. The van der Waals surface area contributed by atoms with Crippen LogP contribution in [0.15, 0.2) is 53.9 Å².